The molecule has 1 fully saturated rings. The number of benzene rings is 1. The summed E-state index contributed by atoms with van der Waals surface area (Å²) in [5, 5.41) is 3.53. The lowest BCUT2D eigenvalue weighted by Crippen LogP contribution is -2.25. The van der Waals surface area contributed by atoms with Gasteiger partial charge in [-0.1, -0.05) is 56.7 Å². The smallest absolute Gasteiger partial charge is 0.0184 e. The van der Waals surface area contributed by atoms with E-state index in [1.165, 1.54) is 36.9 Å². The monoisotopic (exact) mass is 243 g/mol. The van der Waals surface area contributed by atoms with Gasteiger partial charge in [0.25, 0.3) is 0 Å². The predicted octanol–water partition coefficient (Wildman–Crippen LogP) is 4.16. The van der Waals surface area contributed by atoms with E-state index >= 15 is 0 Å². The van der Waals surface area contributed by atoms with Crippen LogP contribution in [0, 0.1) is 11.8 Å². The number of hydrogen-bond acceptors (Lipinski definition) is 1. The van der Waals surface area contributed by atoms with Crippen molar-refractivity contribution in [3.05, 3.63) is 48.2 Å². The third-order valence-corrected chi connectivity index (χ3v) is 4.04. The summed E-state index contributed by atoms with van der Waals surface area (Å²) < 4.78 is 0. The highest BCUT2D eigenvalue weighted by molar-refractivity contribution is 5.15. The zero-order chi connectivity index (χ0) is 12.8. The van der Waals surface area contributed by atoms with Crippen LogP contribution in [0.4, 0.5) is 0 Å². The standard InChI is InChI=1S/C17H25N/c1-14-7-6-10-17(13-14)15(2)18-12-11-16-8-4-3-5-9-16/h3-5,8-9,14,17-18H,2,6-7,10-13H2,1H3. The molecule has 98 valence electrons. The third kappa shape index (κ3) is 3.90. The highest BCUT2D eigenvalue weighted by Crippen LogP contribution is 2.31. The SMILES string of the molecule is C=C(NCCc1ccccc1)C1CCCC(C)C1. The van der Waals surface area contributed by atoms with E-state index in [0.717, 1.165) is 18.9 Å². The third-order valence-electron chi connectivity index (χ3n) is 4.04. The van der Waals surface area contributed by atoms with Gasteiger partial charge < -0.3 is 5.32 Å². The van der Waals surface area contributed by atoms with E-state index in [9.17, 15) is 0 Å². The first-order valence-corrected chi connectivity index (χ1v) is 7.22. The Balaban J connectivity index is 1.71. The molecule has 2 atom stereocenters. The van der Waals surface area contributed by atoms with Crippen LogP contribution in [-0.2, 0) is 6.42 Å². The fourth-order valence-electron chi connectivity index (χ4n) is 2.91. The van der Waals surface area contributed by atoms with Gasteiger partial charge in [-0.3, -0.25) is 0 Å². The summed E-state index contributed by atoms with van der Waals surface area (Å²) in [6.45, 7) is 7.61. The van der Waals surface area contributed by atoms with Gasteiger partial charge in [-0.2, -0.15) is 0 Å². The molecule has 1 saturated carbocycles. The Morgan fingerprint density at radius 2 is 2.06 bits per heavy atom. The average molecular weight is 243 g/mol. The van der Waals surface area contributed by atoms with E-state index in [0.29, 0.717) is 5.92 Å². The number of nitrogens with one attached hydrogen (secondary N) is 1. The molecule has 1 nitrogen and oxygen atoms in total. The Morgan fingerprint density at radius 1 is 1.28 bits per heavy atom. The van der Waals surface area contributed by atoms with E-state index in [2.05, 4.69) is 49.2 Å². The lowest BCUT2D eigenvalue weighted by Gasteiger charge is -2.28. The molecule has 1 N–H and O–H groups in total. The van der Waals surface area contributed by atoms with Crippen molar-refractivity contribution in [2.24, 2.45) is 11.8 Å². The minimum absolute atomic E-state index is 0.699. The number of hydrogen-bond donors (Lipinski definition) is 1. The van der Waals surface area contributed by atoms with E-state index < -0.39 is 0 Å². The molecule has 1 aliphatic rings. The molecule has 2 unspecified atom stereocenters. The van der Waals surface area contributed by atoms with Crippen LogP contribution < -0.4 is 5.32 Å². The Morgan fingerprint density at radius 3 is 2.78 bits per heavy atom. The van der Waals surface area contributed by atoms with Crippen molar-refractivity contribution in [2.75, 3.05) is 6.54 Å². The maximum absolute atomic E-state index is 4.23. The molecule has 0 amide bonds. The molecule has 2 rings (SSSR count). The fraction of sp³-hybridized carbons (Fsp3) is 0.529. The van der Waals surface area contributed by atoms with E-state index in [1.807, 2.05) is 0 Å². The normalized spacial score (nSPS) is 23.6. The van der Waals surface area contributed by atoms with Crippen LogP contribution in [0.1, 0.15) is 38.2 Å². The molecule has 1 aromatic rings. The molecule has 0 heterocycles. The molecule has 1 aliphatic carbocycles. The van der Waals surface area contributed by atoms with Crippen LogP contribution in [0.2, 0.25) is 0 Å². The molecule has 0 aromatic heterocycles. The van der Waals surface area contributed by atoms with Crippen molar-refractivity contribution in [1.29, 1.82) is 0 Å². The first kappa shape index (κ1) is 13.2. The van der Waals surface area contributed by atoms with Crippen molar-refractivity contribution in [3.63, 3.8) is 0 Å². The number of rotatable bonds is 5. The average Bonchev–Trinajstić information content (AvgIpc) is 2.40. The molecule has 0 aliphatic heterocycles. The first-order chi connectivity index (χ1) is 8.75. The maximum Gasteiger partial charge on any atom is 0.0184 e. The van der Waals surface area contributed by atoms with Crippen molar-refractivity contribution in [2.45, 2.75) is 39.0 Å². The summed E-state index contributed by atoms with van der Waals surface area (Å²) in [6.07, 6.45) is 6.49. The molecule has 0 radical (unpaired) electrons. The van der Waals surface area contributed by atoms with Gasteiger partial charge in [-0.15, -0.1) is 0 Å². The minimum Gasteiger partial charge on any atom is -0.388 e. The van der Waals surface area contributed by atoms with Crippen molar-refractivity contribution in [3.8, 4) is 0 Å². The van der Waals surface area contributed by atoms with Gasteiger partial charge in [-0.05, 0) is 36.7 Å². The Bertz CT molecular complexity index is 368. The van der Waals surface area contributed by atoms with Crippen LogP contribution in [-0.4, -0.2) is 6.54 Å². The fourth-order valence-corrected chi connectivity index (χ4v) is 2.91. The first-order valence-electron chi connectivity index (χ1n) is 7.22. The van der Waals surface area contributed by atoms with Gasteiger partial charge in [0.15, 0.2) is 0 Å². The molecule has 1 aromatic carbocycles. The van der Waals surface area contributed by atoms with Gasteiger partial charge >= 0.3 is 0 Å². The molecule has 18 heavy (non-hydrogen) atoms. The molecule has 1 heteroatoms. The van der Waals surface area contributed by atoms with Gasteiger partial charge in [0.1, 0.15) is 0 Å². The van der Waals surface area contributed by atoms with Crippen LogP contribution in [0.15, 0.2) is 42.6 Å². The van der Waals surface area contributed by atoms with Crippen molar-refractivity contribution >= 4 is 0 Å². The Hall–Kier alpha value is -1.24. The second-order valence-corrected chi connectivity index (χ2v) is 5.66. The molecule has 0 saturated heterocycles. The van der Waals surface area contributed by atoms with Gasteiger partial charge in [0.05, 0.1) is 0 Å². The van der Waals surface area contributed by atoms with Crippen LogP contribution >= 0.6 is 0 Å². The minimum atomic E-state index is 0.699. The van der Waals surface area contributed by atoms with Crippen LogP contribution in [0.5, 0.6) is 0 Å². The predicted molar refractivity (Wildman–Crippen MR) is 78.4 cm³/mol. The number of allylic oxidation sites excluding steroid dienone is 1. The quantitative estimate of drug-likeness (QED) is 0.819. The maximum atomic E-state index is 4.23. The summed E-state index contributed by atoms with van der Waals surface area (Å²) in [6, 6.07) is 10.7. The summed E-state index contributed by atoms with van der Waals surface area (Å²) in [5.74, 6) is 1.57. The molecular weight excluding hydrogens is 218 g/mol. The van der Waals surface area contributed by atoms with Gasteiger partial charge in [0.2, 0.25) is 0 Å². The molecule has 0 bridgehead atoms. The second kappa shape index (κ2) is 6.63. The summed E-state index contributed by atoms with van der Waals surface area (Å²) in [7, 11) is 0. The lowest BCUT2D eigenvalue weighted by molar-refractivity contribution is 0.305. The summed E-state index contributed by atoms with van der Waals surface area (Å²) >= 11 is 0. The topological polar surface area (TPSA) is 12.0 Å². The van der Waals surface area contributed by atoms with Crippen molar-refractivity contribution < 1.29 is 0 Å². The van der Waals surface area contributed by atoms with Gasteiger partial charge in [-0.25, -0.2) is 0 Å². The van der Waals surface area contributed by atoms with E-state index in [1.54, 1.807) is 0 Å². The Kier molecular flexibility index (Phi) is 4.86. The zero-order valence-electron chi connectivity index (χ0n) is 11.5. The Labute approximate surface area is 111 Å². The van der Waals surface area contributed by atoms with Crippen LogP contribution in [0.25, 0.3) is 0 Å². The summed E-state index contributed by atoms with van der Waals surface area (Å²) in [4.78, 5) is 0. The molecule has 0 spiro atoms. The highest BCUT2D eigenvalue weighted by Gasteiger charge is 2.20. The van der Waals surface area contributed by atoms with E-state index in [-0.39, 0.29) is 0 Å². The van der Waals surface area contributed by atoms with Crippen molar-refractivity contribution in [1.82, 2.24) is 5.32 Å². The second-order valence-electron chi connectivity index (χ2n) is 5.66. The van der Waals surface area contributed by atoms with Crippen LogP contribution in [0.3, 0.4) is 0 Å². The zero-order valence-corrected chi connectivity index (χ0v) is 11.5. The van der Waals surface area contributed by atoms with E-state index in [4.69, 9.17) is 0 Å². The largest absolute Gasteiger partial charge is 0.388 e. The summed E-state index contributed by atoms with van der Waals surface area (Å²) in [5.41, 5.74) is 2.66. The highest BCUT2D eigenvalue weighted by atomic mass is 14.9. The van der Waals surface area contributed by atoms with Gasteiger partial charge in [0, 0.05) is 12.2 Å². The molecular formula is C17H25N. The lowest BCUT2D eigenvalue weighted by atomic mass is 9.81.